The molecule has 3 aliphatic rings. The first-order valence-corrected chi connectivity index (χ1v) is 12.6. The Bertz CT molecular complexity index is 644. The first kappa shape index (κ1) is 24.6. The zero-order chi connectivity index (χ0) is 22.5. The third-order valence-corrected chi connectivity index (χ3v) is 8.26. The zero-order valence-electron chi connectivity index (χ0n) is 19.2. The van der Waals surface area contributed by atoms with Gasteiger partial charge >= 0.3 is 11.8 Å². The lowest BCUT2D eigenvalue weighted by molar-refractivity contribution is -0.166. The summed E-state index contributed by atoms with van der Waals surface area (Å²) in [6.07, 6.45) is 17.9. The minimum Gasteiger partial charge on any atom is -0.194 e. The molecule has 0 amide bonds. The van der Waals surface area contributed by atoms with Gasteiger partial charge in [0.25, 0.3) is 0 Å². The number of hydrogen-bond donors (Lipinski definition) is 0. The summed E-state index contributed by atoms with van der Waals surface area (Å²) in [4.78, 5) is 0. The van der Waals surface area contributed by atoms with Crippen molar-refractivity contribution in [3.05, 3.63) is 36.0 Å². The molecule has 31 heavy (non-hydrogen) atoms. The van der Waals surface area contributed by atoms with Gasteiger partial charge < -0.3 is 0 Å². The Morgan fingerprint density at radius 1 is 0.774 bits per heavy atom. The molecule has 0 bridgehead atoms. The summed E-state index contributed by atoms with van der Waals surface area (Å²) >= 11 is 0. The highest BCUT2D eigenvalue weighted by molar-refractivity contribution is 5.37. The van der Waals surface area contributed by atoms with Crippen LogP contribution in [0, 0.1) is 23.7 Å². The van der Waals surface area contributed by atoms with Crippen molar-refractivity contribution in [2.24, 2.45) is 23.7 Å². The van der Waals surface area contributed by atoms with E-state index in [-0.39, 0.29) is 18.4 Å². The van der Waals surface area contributed by atoms with Crippen LogP contribution in [0.25, 0.3) is 0 Å². The van der Waals surface area contributed by atoms with Gasteiger partial charge in [-0.3, -0.25) is 0 Å². The molecule has 2 fully saturated rings. The van der Waals surface area contributed by atoms with Gasteiger partial charge in [-0.1, -0.05) is 57.3 Å². The fourth-order valence-electron chi connectivity index (χ4n) is 6.17. The fourth-order valence-corrected chi connectivity index (χ4v) is 6.17. The maximum Gasteiger partial charge on any atom is 0.335 e. The van der Waals surface area contributed by atoms with E-state index >= 15 is 0 Å². The minimum atomic E-state index is -4.05. The van der Waals surface area contributed by atoms with Crippen molar-refractivity contribution in [1.29, 1.82) is 0 Å². The van der Waals surface area contributed by atoms with Crippen LogP contribution >= 0.6 is 0 Å². The Labute approximate surface area is 186 Å². The van der Waals surface area contributed by atoms with Gasteiger partial charge in [-0.05, 0) is 81.5 Å². The molecule has 2 saturated carbocycles. The highest BCUT2D eigenvalue weighted by atomic mass is 19.3. The molecule has 4 heteroatoms. The monoisotopic (exact) mass is 440 g/mol. The Hall–Kier alpha value is -1.06. The van der Waals surface area contributed by atoms with E-state index in [1.165, 1.54) is 57.1 Å². The van der Waals surface area contributed by atoms with Crippen molar-refractivity contribution < 1.29 is 17.6 Å². The van der Waals surface area contributed by atoms with Crippen LogP contribution in [0.3, 0.4) is 0 Å². The Kier molecular flexibility index (Phi) is 8.49. The van der Waals surface area contributed by atoms with E-state index in [1.807, 2.05) is 6.08 Å². The van der Waals surface area contributed by atoms with E-state index in [9.17, 15) is 17.6 Å². The van der Waals surface area contributed by atoms with Gasteiger partial charge in [0.1, 0.15) is 0 Å². The predicted molar refractivity (Wildman–Crippen MR) is 121 cm³/mol. The maximum absolute atomic E-state index is 14.5. The number of alkyl halides is 4. The molecular formula is C27H40F4. The first-order chi connectivity index (χ1) is 14.8. The summed E-state index contributed by atoms with van der Waals surface area (Å²) in [6.45, 7) is 5.56. The molecule has 0 nitrogen and oxygen atoms in total. The van der Waals surface area contributed by atoms with Gasteiger partial charge in [-0.2, -0.15) is 17.6 Å². The number of halogens is 4. The fraction of sp³-hybridized carbons (Fsp3) is 0.778. The second-order valence-corrected chi connectivity index (χ2v) is 10.2. The predicted octanol–water partition coefficient (Wildman–Crippen LogP) is 9.28. The van der Waals surface area contributed by atoms with E-state index in [0.717, 1.165) is 37.0 Å². The lowest BCUT2D eigenvalue weighted by atomic mass is 9.68. The van der Waals surface area contributed by atoms with Crippen LogP contribution in [0.4, 0.5) is 17.6 Å². The average molecular weight is 441 g/mol. The molecule has 3 aliphatic carbocycles. The van der Waals surface area contributed by atoms with Crippen LogP contribution in [0.15, 0.2) is 36.0 Å². The van der Waals surface area contributed by atoms with Gasteiger partial charge in [-0.25, -0.2) is 0 Å². The topological polar surface area (TPSA) is 0 Å². The van der Waals surface area contributed by atoms with Gasteiger partial charge in [0.05, 0.1) is 0 Å². The van der Waals surface area contributed by atoms with Gasteiger partial charge in [0, 0.05) is 11.1 Å². The highest BCUT2D eigenvalue weighted by Crippen LogP contribution is 2.50. The van der Waals surface area contributed by atoms with Gasteiger partial charge in [0.15, 0.2) is 0 Å². The SMILES string of the molecule is C=CCCC1CCC(C2CCC(CCC3=CC=C(CCC)C(F)(F)C3(F)F)CC2)CC1. The van der Waals surface area contributed by atoms with Crippen molar-refractivity contribution in [1.82, 2.24) is 0 Å². The molecule has 0 heterocycles. The normalized spacial score (nSPS) is 32.8. The molecule has 0 atom stereocenters. The molecule has 0 aromatic carbocycles. The quantitative estimate of drug-likeness (QED) is 0.247. The highest BCUT2D eigenvalue weighted by Gasteiger charge is 2.61. The number of allylic oxidation sites excluding steroid dienone is 5. The first-order valence-electron chi connectivity index (χ1n) is 12.6. The van der Waals surface area contributed by atoms with Crippen LogP contribution in [-0.2, 0) is 0 Å². The molecule has 3 rings (SSSR count). The lowest BCUT2D eigenvalue weighted by Gasteiger charge is -2.38. The molecule has 0 N–H and O–H groups in total. The summed E-state index contributed by atoms with van der Waals surface area (Å²) in [7, 11) is 0. The molecule has 176 valence electrons. The van der Waals surface area contributed by atoms with Crippen LogP contribution < -0.4 is 0 Å². The zero-order valence-corrected chi connectivity index (χ0v) is 19.2. The van der Waals surface area contributed by atoms with Gasteiger partial charge in [0.2, 0.25) is 0 Å². The van der Waals surface area contributed by atoms with Crippen molar-refractivity contribution in [2.45, 2.75) is 109 Å². The third kappa shape index (κ3) is 5.66. The lowest BCUT2D eigenvalue weighted by Crippen LogP contribution is -2.45. The van der Waals surface area contributed by atoms with Crippen molar-refractivity contribution in [3.63, 3.8) is 0 Å². The smallest absolute Gasteiger partial charge is 0.194 e. The molecule has 0 spiro atoms. The Morgan fingerprint density at radius 3 is 1.68 bits per heavy atom. The third-order valence-electron chi connectivity index (χ3n) is 8.26. The molecule has 0 radical (unpaired) electrons. The summed E-state index contributed by atoms with van der Waals surface area (Å²) in [5.74, 6) is -5.24. The van der Waals surface area contributed by atoms with E-state index < -0.39 is 17.4 Å². The van der Waals surface area contributed by atoms with Crippen LogP contribution in [0.2, 0.25) is 0 Å². The van der Waals surface area contributed by atoms with Gasteiger partial charge in [-0.15, -0.1) is 6.58 Å². The van der Waals surface area contributed by atoms with E-state index in [0.29, 0.717) is 18.8 Å². The van der Waals surface area contributed by atoms with E-state index in [2.05, 4.69) is 6.58 Å². The maximum atomic E-state index is 14.5. The second kappa shape index (κ2) is 10.7. The molecule has 0 aliphatic heterocycles. The van der Waals surface area contributed by atoms with E-state index in [4.69, 9.17) is 0 Å². The standard InChI is InChI=1S/C27H40F4/c1-3-5-7-20-8-13-22(14-9-20)23-15-10-21(11-16-23)12-17-25-19-18-24(6-4-2)26(28,29)27(25,30)31/h3,18-23H,1,4-17H2,2H3. The summed E-state index contributed by atoms with van der Waals surface area (Å²) in [6, 6.07) is 0. The molecule has 0 unspecified atom stereocenters. The minimum absolute atomic E-state index is 0.0204. The number of hydrogen-bond acceptors (Lipinski definition) is 0. The van der Waals surface area contributed by atoms with Crippen LogP contribution in [-0.4, -0.2) is 11.8 Å². The van der Waals surface area contributed by atoms with E-state index in [1.54, 1.807) is 6.92 Å². The largest absolute Gasteiger partial charge is 0.335 e. The molecular weight excluding hydrogens is 400 g/mol. The van der Waals surface area contributed by atoms with Crippen molar-refractivity contribution in [2.75, 3.05) is 0 Å². The molecule has 0 aromatic heterocycles. The summed E-state index contributed by atoms with van der Waals surface area (Å²) in [5.41, 5.74) is -0.805. The molecule has 0 saturated heterocycles. The van der Waals surface area contributed by atoms with Crippen LogP contribution in [0.5, 0.6) is 0 Å². The Balaban J connectivity index is 1.45. The summed E-state index contributed by atoms with van der Waals surface area (Å²) < 4.78 is 57.7. The second-order valence-electron chi connectivity index (χ2n) is 10.2. The average Bonchev–Trinajstić information content (AvgIpc) is 2.76. The number of rotatable bonds is 9. The molecule has 0 aromatic rings. The van der Waals surface area contributed by atoms with Crippen LogP contribution in [0.1, 0.15) is 96.8 Å². The van der Waals surface area contributed by atoms with Crippen molar-refractivity contribution >= 4 is 0 Å². The van der Waals surface area contributed by atoms with Crippen molar-refractivity contribution in [3.8, 4) is 0 Å². The Morgan fingerprint density at radius 2 is 1.23 bits per heavy atom. The summed E-state index contributed by atoms with van der Waals surface area (Å²) in [5, 5.41) is 0.